The van der Waals surface area contributed by atoms with Gasteiger partial charge in [-0.2, -0.15) is 4.72 Å². The summed E-state index contributed by atoms with van der Waals surface area (Å²) in [5.74, 6) is -0.167. The molecule has 214 valence electrons. The van der Waals surface area contributed by atoms with Crippen LogP contribution in [0.25, 0.3) is 11.1 Å². The molecule has 11 heteroatoms. The molecule has 1 atom stereocenters. The van der Waals surface area contributed by atoms with Crippen LogP contribution in [-0.2, 0) is 26.0 Å². The van der Waals surface area contributed by atoms with E-state index in [0.29, 0.717) is 37.3 Å². The Hall–Kier alpha value is -3.41. The van der Waals surface area contributed by atoms with Crippen molar-refractivity contribution in [2.24, 2.45) is 0 Å². The Morgan fingerprint density at radius 3 is 2.12 bits per heavy atom. The molecular weight excluding hydrogens is 600 g/mol. The number of carboxylic acids is 1. The van der Waals surface area contributed by atoms with Gasteiger partial charge in [-0.1, -0.05) is 46.3 Å². The minimum Gasteiger partial charge on any atom is -0.493 e. The van der Waals surface area contributed by atoms with E-state index < -0.39 is 22.0 Å². The van der Waals surface area contributed by atoms with Crippen LogP contribution in [-0.4, -0.2) is 52.2 Å². The largest absolute Gasteiger partial charge is 0.493 e. The molecule has 0 fully saturated rings. The van der Waals surface area contributed by atoms with E-state index in [1.54, 1.807) is 32.4 Å². The lowest BCUT2D eigenvalue weighted by Crippen LogP contribution is -2.40. The summed E-state index contributed by atoms with van der Waals surface area (Å²) in [6.07, 6.45) is 1.83. The van der Waals surface area contributed by atoms with E-state index in [4.69, 9.17) is 9.47 Å². The van der Waals surface area contributed by atoms with Crippen LogP contribution >= 0.6 is 15.9 Å². The number of rotatable bonds is 15. The number of ether oxygens (including phenoxy) is 2. The Labute approximate surface area is 243 Å². The average molecular weight is 634 g/mol. The standard InChI is InChI=1S/C29H33BrN2O7S/c1-38-26-16-6-20(19-27(26)39-2)7-17-28(33)31-18-4-3-5-25(29(34)35)32-40(36,37)24-14-10-22(11-15-24)21-8-12-23(30)13-9-21/h6,8-16,19,25,32H,3-5,7,17-18H2,1-2H3,(H,31,33)(H,34,35). The van der Waals surface area contributed by atoms with Crippen LogP contribution in [0.5, 0.6) is 11.5 Å². The fourth-order valence-corrected chi connectivity index (χ4v) is 5.53. The number of unbranched alkanes of at least 4 members (excludes halogenated alkanes) is 1. The van der Waals surface area contributed by atoms with Crippen LogP contribution in [0.2, 0.25) is 0 Å². The van der Waals surface area contributed by atoms with Crippen molar-refractivity contribution >= 4 is 37.8 Å². The lowest BCUT2D eigenvalue weighted by Gasteiger charge is -2.15. The van der Waals surface area contributed by atoms with Gasteiger partial charge in [-0.3, -0.25) is 9.59 Å². The molecule has 1 amide bonds. The molecule has 3 aromatic rings. The third kappa shape index (κ3) is 9.07. The second-order valence-electron chi connectivity index (χ2n) is 9.08. The molecule has 3 aromatic carbocycles. The van der Waals surface area contributed by atoms with Crippen LogP contribution < -0.4 is 19.5 Å². The number of aryl methyl sites for hydroxylation is 1. The predicted octanol–water partition coefficient (Wildman–Crippen LogP) is 4.78. The fraction of sp³-hybridized carbons (Fsp3) is 0.310. The molecule has 0 aromatic heterocycles. The predicted molar refractivity (Wildman–Crippen MR) is 156 cm³/mol. The molecule has 0 saturated heterocycles. The number of nitrogens with one attached hydrogen (secondary N) is 2. The van der Waals surface area contributed by atoms with Crippen molar-refractivity contribution in [2.75, 3.05) is 20.8 Å². The third-order valence-corrected chi connectivity index (χ3v) is 8.28. The topological polar surface area (TPSA) is 131 Å². The number of carboxylic acid groups (broad SMARTS) is 1. The van der Waals surface area contributed by atoms with E-state index in [2.05, 4.69) is 26.0 Å². The Balaban J connectivity index is 1.44. The first-order valence-electron chi connectivity index (χ1n) is 12.7. The summed E-state index contributed by atoms with van der Waals surface area (Å²) in [5, 5.41) is 12.4. The number of sulfonamides is 1. The maximum Gasteiger partial charge on any atom is 0.321 e. The van der Waals surface area contributed by atoms with E-state index in [1.807, 2.05) is 36.4 Å². The summed E-state index contributed by atoms with van der Waals surface area (Å²) >= 11 is 3.38. The van der Waals surface area contributed by atoms with E-state index in [1.165, 1.54) is 12.1 Å². The zero-order chi connectivity index (χ0) is 29.1. The first-order chi connectivity index (χ1) is 19.1. The molecule has 3 rings (SSSR count). The summed E-state index contributed by atoms with van der Waals surface area (Å²) in [6.45, 7) is 0.362. The average Bonchev–Trinajstić information content (AvgIpc) is 2.95. The number of hydrogen-bond donors (Lipinski definition) is 3. The van der Waals surface area contributed by atoms with Crippen molar-refractivity contribution in [1.82, 2.24) is 10.0 Å². The molecule has 0 radical (unpaired) electrons. The van der Waals surface area contributed by atoms with Gasteiger partial charge in [0.1, 0.15) is 6.04 Å². The summed E-state index contributed by atoms with van der Waals surface area (Å²) in [7, 11) is -0.924. The van der Waals surface area contributed by atoms with Crippen molar-refractivity contribution in [3.05, 3.63) is 76.8 Å². The van der Waals surface area contributed by atoms with E-state index >= 15 is 0 Å². The summed E-state index contributed by atoms with van der Waals surface area (Å²) in [4.78, 5) is 23.9. The van der Waals surface area contributed by atoms with Crippen LogP contribution in [0.15, 0.2) is 76.1 Å². The third-order valence-electron chi connectivity index (χ3n) is 6.27. The van der Waals surface area contributed by atoms with E-state index in [-0.39, 0.29) is 23.6 Å². The monoisotopic (exact) mass is 632 g/mol. The lowest BCUT2D eigenvalue weighted by atomic mass is 10.1. The Morgan fingerprint density at radius 1 is 0.900 bits per heavy atom. The second kappa shape index (κ2) is 14.8. The molecule has 0 bridgehead atoms. The number of benzene rings is 3. The van der Waals surface area contributed by atoms with Crippen molar-refractivity contribution in [3.63, 3.8) is 0 Å². The van der Waals surface area contributed by atoms with Gasteiger partial charge in [0, 0.05) is 17.4 Å². The minimum atomic E-state index is -4.03. The number of aliphatic carboxylic acids is 1. The first kappa shape index (κ1) is 31.1. The number of carbonyl (C=O) groups excluding carboxylic acids is 1. The van der Waals surface area contributed by atoms with Crippen LogP contribution in [0.1, 0.15) is 31.2 Å². The van der Waals surface area contributed by atoms with Gasteiger partial charge in [0.25, 0.3) is 0 Å². The summed E-state index contributed by atoms with van der Waals surface area (Å²) < 4.78 is 39.4. The number of hydrogen-bond acceptors (Lipinski definition) is 6. The SMILES string of the molecule is COc1ccc(CCC(=O)NCCCCC(NS(=O)(=O)c2ccc(-c3ccc(Br)cc3)cc2)C(=O)O)cc1OC. The Kier molecular flexibility index (Phi) is 11.5. The highest BCUT2D eigenvalue weighted by molar-refractivity contribution is 9.10. The van der Waals surface area contributed by atoms with Crippen LogP contribution in [0, 0.1) is 0 Å². The molecule has 1 unspecified atom stereocenters. The maximum atomic E-state index is 12.8. The quantitative estimate of drug-likeness (QED) is 0.205. The van der Waals surface area contributed by atoms with Crippen molar-refractivity contribution < 1.29 is 32.6 Å². The second-order valence-corrected chi connectivity index (χ2v) is 11.7. The number of carbonyl (C=O) groups is 2. The smallest absolute Gasteiger partial charge is 0.321 e. The van der Waals surface area contributed by atoms with Gasteiger partial charge in [0.2, 0.25) is 15.9 Å². The van der Waals surface area contributed by atoms with Gasteiger partial charge in [0.05, 0.1) is 19.1 Å². The number of amides is 1. The normalized spacial score (nSPS) is 12.0. The van der Waals surface area contributed by atoms with Gasteiger partial charge in [-0.15, -0.1) is 0 Å². The molecule has 40 heavy (non-hydrogen) atoms. The highest BCUT2D eigenvalue weighted by atomic mass is 79.9. The van der Waals surface area contributed by atoms with Crippen molar-refractivity contribution in [3.8, 4) is 22.6 Å². The first-order valence-corrected chi connectivity index (χ1v) is 15.0. The summed E-state index contributed by atoms with van der Waals surface area (Å²) in [6, 6.07) is 18.1. The zero-order valence-electron chi connectivity index (χ0n) is 22.4. The molecule has 0 aliphatic heterocycles. The van der Waals surface area contributed by atoms with Crippen LogP contribution in [0.4, 0.5) is 0 Å². The van der Waals surface area contributed by atoms with Crippen LogP contribution in [0.3, 0.4) is 0 Å². The highest BCUT2D eigenvalue weighted by Crippen LogP contribution is 2.28. The lowest BCUT2D eigenvalue weighted by molar-refractivity contribution is -0.139. The molecule has 0 saturated carbocycles. The van der Waals surface area contributed by atoms with Gasteiger partial charge in [0.15, 0.2) is 11.5 Å². The van der Waals surface area contributed by atoms with Gasteiger partial charge in [-0.05, 0) is 78.8 Å². The molecule has 0 aliphatic carbocycles. The molecule has 0 spiro atoms. The number of halogens is 1. The van der Waals surface area contributed by atoms with E-state index in [9.17, 15) is 23.1 Å². The molecule has 9 nitrogen and oxygen atoms in total. The highest BCUT2D eigenvalue weighted by Gasteiger charge is 2.25. The molecule has 3 N–H and O–H groups in total. The Morgan fingerprint density at radius 2 is 1.52 bits per heavy atom. The van der Waals surface area contributed by atoms with E-state index in [0.717, 1.165) is 21.2 Å². The van der Waals surface area contributed by atoms with Crippen molar-refractivity contribution in [1.29, 1.82) is 0 Å². The molecule has 0 heterocycles. The zero-order valence-corrected chi connectivity index (χ0v) is 24.8. The maximum absolute atomic E-state index is 12.8. The number of methoxy groups -OCH3 is 2. The fourth-order valence-electron chi connectivity index (χ4n) is 4.04. The minimum absolute atomic E-state index is 0.0126. The van der Waals surface area contributed by atoms with Gasteiger partial charge in [-0.25, -0.2) is 8.42 Å². The Bertz CT molecular complexity index is 1390. The van der Waals surface area contributed by atoms with Crippen molar-refractivity contribution in [2.45, 2.75) is 43.0 Å². The van der Waals surface area contributed by atoms with Gasteiger partial charge < -0.3 is 19.9 Å². The van der Waals surface area contributed by atoms with Gasteiger partial charge >= 0.3 is 5.97 Å². The summed E-state index contributed by atoms with van der Waals surface area (Å²) in [5.41, 5.74) is 2.70. The molecule has 0 aliphatic rings. The molecular formula is C29H33BrN2O7S.